The molecule has 0 amide bonds. The van der Waals surface area contributed by atoms with Gasteiger partial charge in [0.05, 0.1) is 12.2 Å². The maximum Gasteiger partial charge on any atom is 0.339 e. The molecular formula is C14H13FO2S. The van der Waals surface area contributed by atoms with E-state index in [2.05, 4.69) is 0 Å². The van der Waals surface area contributed by atoms with Crippen molar-refractivity contribution in [3.05, 3.63) is 45.9 Å². The van der Waals surface area contributed by atoms with E-state index in [4.69, 9.17) is 4.74 Å². The van der Waals surface area contributed by atoms with Crippen molar-refractivity contribution in [3.63, 3.8) is 0 Å². The molecule has 0 radical (unpaired) electrons. The molecule has 2 rings (SSSR count). The number of carbonyl (C=O) groups is 1. The monoisotopic (exact) mass is 264 g/mol. The SMILES string of the molecule is CCOC(=O)c1csc(C)c1-c1cccc(F)c1. The highest BCUT2D eigenvalue weighted by molar-refractivity contribution is 7.10. The van der Waals surface area contributed by atoms with E-state index in [0.29, 0.717) is 17.7 Å². The summed E-state index contributed by atoms with van der Waals surface area (Å²) in [5, 5.41) is 1.76. The van der Waals surface area contributed by atoms with Crippen molar-refractivity contribution < 1.29 is 13.9 Å². The molecule has 0 bridgehead atoms. The first-order valence-corrected chi connectivity index (χ1v) is 6.52. The van der Waals surface area contributed by atoms with Crippen molar-refractivity contribution in [1.29, 1.82) is 0 Å². The van der Waals surface area contributed by atoms with Crippen LogP contribution in [0.1, 0.15) is 22.2 Å². The van der Waals surface area contributed by atoms with Crippen LogP contribution in [0.5, 0.6) is 0 Å². The van der Waals surface area contributed by atoms with Crippen molar-refractivity contribution in [3.8, 4) is 11.1 Å². The number of benzene rings is 1. The van der Waals surface area contributed by atoms with Gasteiger partial charge < -0.3 is 4.74 Å². The molecule has 0 saturated carbocycles. The summed E-state index contributed by atoms with van der Waals surface area (Å²) in [4.78, 5) is 12.8. The van der Waals surface area contributed by atoms with E-state index in [-0.39, 0.29) is 11.8 Å². The summed E-state index contributed by atoms with van der Waals surface area (Å²) in [5.74, 6) is -0.672. The van der Waals surface area contributed by atoms with E-state index >= 15 is 0 Å². The third kappa shape index (κ3) is 2.43. The third-order valence-electron chi connectivity index (χ3n) is 2.58. The lowest BCUT2D eigenvalue weighted by molar-refractivity contribution is 0.0528. The molecule has 0 fully saturated rings. The summed E-state index contributed by atoms with van der Waals surface area (Å²) in [7, 11) is 0. The lowest BCUT2D eigenvalue weighted by Gasteiger charge is -2.06. The molecule has 0 aliphatic rings. The molecule has 0 spiro atoms. The Kier molecular flexibility index (Phi) is 3.77. The van der Waals surface area contributed by atoms with Gasteiger partial charge in [0.1, 0.15) is 5.82 Å². The Morgan fingerprint density at radius 2 is 2.22 bits per heavy atom. The smallest absolute Gasteiger partial charge is 0.339 e. The summed E-state index contributed by atoms with van der Waals surface area (Å²) >= 11 is 1.46. The molecule has 1 aromatic carbocycles. The predicted octanol–water partition coefficient (Wildman–Crippen LogP) is 4.04. The predicted molar refractivity (Wildman–Crippen MR) is 70.4 cm³/mol. The summed E-state index contributed by atoms with van der Waals surface area (Å²) in [6.07, 6.45) is 0. The maximum absolute atomic E-state index is 13.3. The first-order chi connectivity index (χ1) is 8.63. The van der Waals surface area contributed by atoms with Gasteiger partial charge in [0.25, 0.3) is 0 Å². The number of thiophene rings is 1. The van der Waals surface area contributed by atoms with Crippen LogP contribution >= 0.6 is 11.3 Å². The second-order valence-corrected chi connectivity index (χ2v) is 4.90. The Morgan fingerprint density at radius 1 is 1.44 bits per heavy atom. The Balaban J connectivity index is 2.50. The number of aryl methyl sites for hydroxylation is 1. The van der Waals surface area contributed by atoms with Gasteiger partial charge in [-0.15, -0.1) is 11.3 Å². The van der Waals surface area contributed by atoms with Crippen molar-refractivity contribution in [2.24, 2.45) is 0 Å². The molecule has 0 unspecified atom stereocenters. The molecule has 94 valence electrons. The minimum absolute atomic E-state index is 0.312. The van der Waals surface area contributed by atoms with Crippen LogP contribution < -0.4 is 0 Å². The fraction of sp³-hybridized carbons (Fsp3) is 0.214. The number of halogens is 1. The van der Waals surface area contributed by atoms with Crippen LogP contribution in [-0.4, -0.2) is 12.6 Å². The van der Waals surface area contributed by atoms with Gasteiger partial charge in [-0.25, -0.2) is 9.18 Å². The summed E-state index contributed by atoms with van der Waals surface area (Å²) in [6.45, 7) is 4.00. The molecule has 2 aromatic rings. The summed E-state index contributed by atoms with van der Waals surface area (Å²) in [6, 6.07) is 6.24. The van der Waals surface area contributed by atoms with E-state index in [0.717, 1.165) is 10.4 Å². The molecule has 18 heavy (non-hydrogen) atoms. The third-order valence-corrected chi connectivity index (χ3v) is 3.49. The second kappa shape index (κ2) is 5.31. The number of esters is 1. The van der Waals surface area contributed by atoms with Gasteiger partial charge in [-0.1, -0.05) is 12.1 Å². The molecule has 0 aliphatic carbocycles. The highest BCUT2D eigenvalue weighted by Gasteiger charge is 2.18. The first-order valence-electron chi connectivity index (χ1n) is 5.64. The fourth-order valence-electron chi connectivity index (χ4n) is 1.82. The Morgan fingerprint density at radius 3 is 2.89 bits per heavy atom. The molecule has 1 aromatic heterocycles. The second-order valence-electron chi connectivity index (χ2n) is 3.81. The quantitative estimate of drug-likeness (QED) is 0.782. The first kappa shape index (κ1) is 12.8. The Labute approximate surface area is 109 Å². The minimum Gasteiger partial charge on any atom is -0.462 e. The molecular weight excluding hydrogens is 251 g/mol. The van der Waals surface area contributed by atoms with Crippen molar-refractivity contribution in [2.45, 2.75) is 13.8 Å². The van der Waals surface area contributed by atoms with Gasteiger partial charge in [-0.2, -0.15) is 0 Å². The standard InChI is InChI=1S/C14H13FO2S/c1-3-17-14(16)12-8-18-9(2)13(12)10-5-4-6-11(15)7-10/h4-8H,3H2,1-2H3. The largest absolute Gasteiger partial charge is 0.462 e. The number of ether oxygens (including phenoxy) is 1. The van der Waals surface area contributed by atoms with Crippen LogP contribution in [0.3, 0.4) is 0 Å². The van der Waals surface area contributed by atoms with Crippen molar-refractivity contribution in [2.75, 3.05) is 6.61 Å². The van der Waals surface area contributed by atoms with Crippen LogP contribution in [0.4, 0.5) is 4.39 Å². The zero-order chi connectivity index (χ0) is 13.1. The molecule has 2 nitrogen and oxygen atoms in total. The topological polar surface area (TPSA) is 26.3 Å². The fourth-order valence-corrected chi connectivity index (χ4v) is 2.67. The van der Waals surface area contributed by atoms with E-state index in [1.807, 2.05) is 6.92 Å². The van der Waals surface area contributed by atoms with Gasteiger partial charge in [0.15, 0.2) is 0 Å². The lowest BCUT2D eigenvalue weighted by atomic mass is 10.0. The molecule has 0 aliphatic heterocycles. The average molecular weight is 264 g/mol. The highest BCUT2D eigenvalue weighted by atomic mass is 32.1. The molecule has 4 heteroatoms. The number of rotatable bonds is 3. The normalized spacial score (nSPS) is 10.4. The van der Waals surface area contributed by atoms with Gasteiger partial charge in [-0.3, -0.25) is 0 Å². The minimum atomic E-state index is -0.360. The van der Waals surface area contributed by atoms with Gasteiger partial charge in [0, 0.05) is 15.8 Å². The number of carbonyl (C=O) groups excluding carboxylic acids is 1. The number of hydrogen-bond acceptors (Lipinski definition) is 3. The average Bonchev–Trinajstić information content (AvgIpc) is 2.71. The molecule has 1 heterocycles. The van der Waals surface area contributed by atoms with E-state index in [9.17, 15) is 9.18 Å². The Bertz CT molecular complexity index is 575. The zero-order valence-electron chi connectivity index (χ0n) is 10.2. The lowest BCUT2D eigenvalue weighted by Crippen LogP contribution is -2.04. The molecule has 0 N–H and O–H groups in total. The van der Waals surface area contributed by atoms with Gasteiger partial charge >= 0.3 is 5.97 Å². The molecule has 0 saturated heterocycles. The van der Waals surface area contributed by atoms with Crippen molar-refractivity contribution in [1.82, 2.24) is 0 Å². The van der Waals surface area contributed by atoms with Crippen LogP contribution in [0.15, 0.2) is 29.6 Å². The number of hydrogen-bond donors (Lipinski definition) is 0. The summed E-state index contributed by atoms with van der Waals surface area (Å²) < 4.78 is 18.3. The van der Waals surface area contributed by atoms with Crippen LogP contribution in [-0.2, 0) is 4.74 Å². The van der Waals surface area contributed by atoms with E-state index < -0.39 is 0 Å². The van der Waals surface area contributed by atoms with Crippen molar-refractivity contribution >= 4 is 17.3 Å². The van der Waals surface area contributed by atoms with Gasteiger partial charge in [-0.05, 0) is 31.5 Å². The van der Waals surface area contributed by atoms with E-state index in [1.54, 1.807) is 24.4 Å². The molecule has 0 atom stereocenters. The van der Waals surface area contributed by atoms with Gasteiger partial charge in [0.2, 0.25) is 0 Å². The van der Waals surface area contributed by atoms with Crippen LogP contribution in [0.25, 0.3) is 11.1 Å². The van der Waals surface area contributed by atoms with E-state index in [1.165, 1.54) is 23.5 Å². The van der Waals surface area contributed by atoms with Crippen LogP contribution in [0, 0.1) is 12.7 Å². The zero-order valence-corrected chi connectivity index (χ0v) is 11.0. The summed E-state index contributed by atoms with van der Waals surface area (Å²) in [5.41, 5.74) is 1.97. The Hall–Kier alpha value is -1.68. The maximum atomic E-state index is 13.3. The highest BCUT2D eigenvalue weighted by Crippen LogP contribution is 2.33. The van der Waals surface area contributed by atoms with Crippen LogP contribution in [0.2, 0.25) is 0 Å².